The standard InChI is InChI=1S/C21H18ClF2N5O4/c22-21(23,24)33-14-3-1-12(2-4-14)26-19(31)11-7-15(16-5-6-25-28-16)18-17(8-11)27-20-29(18)9-13(30)10-32-20/h1-7,11,13,30H,8-10H2,(H,25,28)(H,26,31)/t11?,13-/m0/s1. The molecule has 33 heavy (non-hydrogen) atoms. The van der Waals surface area contributed by atoms with Crippen molar-refractivity contribution in [1.82, 2.24) is 19.7 Å². The van der Waals surface area contributed by atoms with Gasteiger partial charge in [0.15, 0.2) is 0 Å². The van der Waals surface area contributed by atoms with E-state index in [4.69, 9.17) is 16.3 Å². The number of alkyl halides is 3. The van der Waals surface area contributed by atoms with Crippen LogP contribution in [0, 0.1) is 5.92 Å². The van der Waals surface area contributed by atoms with E-state index in [-0.39, 0.29) is 18.3 Å². The molecule has 3 N–H and O–H groups in total. The van der Waals surface area contributed by atoms with E-state index in [1.807, 2.05) is 6.08 Å². The molecule has 0 bridgehead atoms. The smallest absolute Gasteiger partial charge is 0.462 e. The topological polar surface area (TPSA) is 114 Å². The lowest BCUT2D eigenvalue weighted by Gasteiger charge is -2.24. The number of imidazole rings is 1. The zero-order valence-corrected chi connectivity index (χ0v) is 17.7. The summed E-state index contributed by atoms with van der Waals surface area (Å²) in [6.07, 6.45) is 3.07. The number of hydrogen-bond donors (Lipinski definition) is 3. The molecule has 1 aliphatic heterocycles. The molecule has 2 aromatic heterocycles. The second-order valence-corrected chi connectivity index (χ2v) is 8.13. The first-order valence-corrected chi connectivity index (χ1v) is 10.4. The highest BCUT2D eigenvalue weighted by Crippen LogP contribution is 2.37. The van der Waals surface area contributed by atoms with Gasteiger partial charge in [0.1, 0.15) is 18.5 Å². The fourth-order valence-electron chi connectivity index (χ4n) is 3.95. The van der Waals surface area contributed by atoms with Gasteiger partial charge in [-0.15, -0.1) is 8.78 Å². The molecule has 3 aromatic rings. The minimum absolute atomic E-state index is 0.137. The number of aromatic amines is 1. The maximum absolute atomic E-state index is 13.0. The van der Waals surface area contributed by atoms with Crippen LogP contribution in [0.5, 0.6) is 11.8 Å². The van der Waals surface area contributed by atoms with Gasteiger partial charge in [-0.05, 0) is 30.3 Å². The van der Waals surface area contributed by atoms with Gasteiger partial charge in [0.05, 0.1) is 29.5 Å². The Kier molecular flexibility index (Phi) is 5.29. The number of H-pyrrole nitrogens is 1. The van der Waals surface area contributed by atoms with Crippen LogP contribution >= 0.6 is 11.6 Å². The van der Waals surface area contributed by atoms with Crippen LogP contribution in [-0.4, -0.2) is 49.0 Å². The molecule has 3 heterocycles. The quantitative estimate of drug-likeness (QED) is 0.487. The third-order valence-electron chi connectivity index (χ3n) is 5.32. The van der Waals surface area contributed by atoms with Crippen molar-refractivity contribution in [3.8, 4) is 11.8 Å². The van der Waals surface area contributed by atoms with Crippen LogP contribution in [0.2, 0.25) is 0 Å². The maximum atomic E-state index is 13.0. The van der Waals surface area contributed by atoms with Gasteiger partial charge >= 0.3 is 5.57 Å². The number of nitrogens with zero attached hydrogens (tertiary/aromatic N) is 3. The highest BCUT2D eigenvalue weighted by molar-refractivity contribution is 6.20. The van der Waals surface area contributed by atoms with Crippen molar-refractivity contribution in [3.05, 3.63) is 59.7 Å². The molecule has 2 aliphatic rings. The first kappa shape index (κ1) is 21.4. The number of amides is 1. The minimum Gasteiger partial charge on any atom is -0.462 e. The van der Waals surface area contributed by atoms with Crippen LogP contribution in [0.4, 0.5) is 14.5 Å². The van der Waals surface area contributed by atoms with Gasteiger partial charge in [0.2, 0.25) is 5.91 Å². The lowest BCUT2D eigenvalue weighted by molar-refractivity contribution is -0.118. The summed E-state index contributed by atoms with van der Waals surface area (Å²) < 4.78 is 37.2. The molecule has 5 rings (SSSR count). The highest BCUT2D eigenvalue weighted by Gasteiger charge is 2.34. The van der Waals surface area contributed by atoms with Gasteiger partial charge in [-0.2, -0.15) is 10.1 Å². The van der Waals surface area contributed by atoms with Crippen molar-refractivity contribution >= 4 is 28.8 Å². The molecule has 12 heteroatoms. The number of rotatable bonds is 5. The van der Waals surface area contributed by atoms with Gasteiger partial charge in [0.25, 0.3) is 6.01 Å². The van der Waals surface area contributed by atoms with Crippen LogP contribution < -0.4 is 14.8 Å². The highest BCUT2D eigenvalue weighted by atomic mass is 35.5. The Labute approximate surface area is 191 Å². The number of carbonyl (C=O) groups excluding carboxylic acids is 1. The Bertz CT molecular complexity index is 1200. The molecule has 172 valence electrons. The number of fused-ring (bicyclic) bond motifs is 3. The largest absolute Gasteiger partial charge is 0.487 e. The van der Waals surface area contributed by atoms with E-state index in [9.17, 15) is 18.7 Å². The summed E-state index contributed by atoms with van der Waals surface area (Å²) in [5.41, 5.74) is -0.566. The number of anilines is 1. The molecule has 9 nitrogen and oxygen atoms in total. The van der Waals surface area contributed by atoms with Gasteiger partial charge in [-0.3, -0.25) is 14.5 Å². The molecule has 0 fully saturated rings. The maximum Gasteiger partial charge on any atom is 0.487 e. The van der Waals surface area contributed by atoms with E-state index in [2.05, 4.69) is 25.2 Å². The Morgan fingerprint density at radius 1 is 1.33 bits per heavy atom. The predicted octanol–water partition coefficient (Wildman–Crippen LogP) is 2.77. The number of aliphatic hydroxyl groups is 1. The minimum atomic E-state index is -3.82. The Morgan fingerprint density at radius 2 is 2.12 bits per heavy atom. The van der Waals surface area contributed by atoms with Gasteiger partial charge in [0, 0.05) is 35.5 Å². The van der Waals surface area contributed by atoms with Gasteiger partial charge < -0.3 is 19.9 Å². The third-order valence-corrected chi connectivity index (χ3v) is 5.40. The second kappa shape index (κ2) is 8.16. The lowest BCUT2D eigenvalue weighted by atomic mass is 9.88. The number of aromatic nitrogens is 4. The number of ether oxygens (including phenoxy) is 2. The van der Waals surface area contributed by atoms with E-state index >= 15 is 0 Å². The molecule has 1 amide bonds. The number of aliphatic hydroxyl groups excluding tert-OH is 1. The number of carbonyl (C=O) groups is 1. The first-order valence-electron chi connectivity index (χ1n) is 10.1. The summed E-state index contributed by atoms with van der Waals surface area (Å²) in [6, 6.07) is 7.61. The number of benzene rings is 1. The zero-order chi connectivity index (χ0) is 23.2. The van der Waals surface area contributed by atoms with Crippen LogP contribution in [0.1, 0.15) is 17.1 Å². The normalized spacial score (nSPS) is 19.7. The van der Waals surface area contributed by atoms with Crippen LogP contribution in [0.15, 0.2) is 42.6 Å². The van der Waals surface area contributed by atoms with Crippen molar-refractivity contribution in [2.24, 2.45) is 5.92 Å². The third kappa shape index (κ3) is 4.41. The number of nitrogens with one attached hydrogen (secondary N) is 2. The first-order chi connectivity index (χ1) is 15.8. The molecule has 1 unspecified atom stereocenters. The molecular weight excluding hydrogens is 460 g/mol. The summed E-state index contributed by atoms with van der Waals surface area (Å²) in [7, 11) is 0. The lowest BCUT2D eigenvalue weighted by Crippen LogP contribution is -2.31. The molecule has 2 atom stereocenters. The Hall–Kier alpha value is -3.44. The van der Waals surface area contributed by atoms with Crippen LogP contribution in [-0.2, 0) is 17.8 Å². The van der Waals surface area contributed by atoms with Crippen LogP contribution in [0.3, 0.4) is 0 Å². The molecule has 0 saturated carbocycles. The van der Waals surface area contributed by atoms with E-state index in [1.54, 1.807) is 16.8 Å². The number of hydrogen-bond acceptors (Lipinski definition) is 6. The molecule has 0 saturated heterocycles. The second-order valence-electron chi connectivity index (χ2n) is 7.69. The van der Waals surface area contributed by atoms with E-state index in [0.29, 0.717) is 36.1 Å². The van der Waals surface area contributed by atoms with E-state index < -0.39 is 17.6 Å². The summed E-state index contributed by atoms with van der Waals surface area (Å²) in [4.78, 5) is 17.6. The van der Waals surface area contributed by atoms with Gasteiger partial charge in [-0.1, -0.05) is 6.08 Å². The van der Waals surface area contributed by atoms with Crippen molar-refractivity contribution in [1.29, 1.82) is 0 Å². The van der Waals surface area contributed by atoms with E-state index in [1.165, 1.54) is 24.3 Å². The Morgan fingerprint density at radius 3 is 2.82 bits per heavy atom. The SMILES string of the molecule is O=C(Nc1ccc(OC(F)(F)Cl)cc1)C1C=C(c2ccn[nH]2)c2c(nc3n2C[C@H](O)CO3)C1. The van der Waals surface area contributed by atoms with Crippen LogP contribution in [0.25, 0.3) is 5.57 Å². The molecular formula is C21H18ClF2N5O4. The molecule has 1 aromatic carbocycles. The molecule has 0 spiro atoms. The molecule has 1 aliphatic carbocycles. The van der Waals surface area contributed by atoms with Crippen molar-refractivity contribution < 1.29 is 28.2 Å². The summed E-state index contributed by atoms with van der Waals surface area (Å²) in [5, 5.41) is 19.7. The summed E-state index contributed by atoms with van der Waals surface area (Å²) in [6.45, 7) is 0.480. The predicted molar refractivity (Wildman–Crippen MR) is 113 cm³/mol. The fraction of sp³-hybridized carbons (Fsp3) is 0.286. The zero-order valence-electron chi connectivity index (χ0n) is 17.0. The number of halogens is 3. The van der Waals surface area contributed by atoms with Crippen molar-refractivity contribution in [3.63, 3.8) is 0 Å². The fourth-order valence-corrected chi connectivity index (χ4v) is 4.04. The monoisotopic (exact) mass is 477 g/mol. The van der Waals surface area contributed by atoms with Crippen molar-refractivity contribution in [2.45, 2.75) is 24.6 Å². The summed E-state index contributed by atoms with van der Waals surface area (Å²) >= 11 is 4.77. The van der Waals surface area contributed by atoms with E-state index in [0.717, 1.165) is 11.3 Å². The average molecular weight is 478 g/mol. The average Bonchev–Trinajstić information content (AvgIpc) is 3.41. The molecule has 0 radical (unpaired) electrons. The van der Waals surface area contributed by atoms with Gasteiger partial charge in [-0.25, -0.2) is 0 Å². The van der Waals surface area contributed by atoms with Crippen molar-refractivity contribution in [2.75, 3.05) is 11.9 Å². The Balaban J connectivity index is 1.41. The summed E-state index contributed by atoms with van der Waals surface area (Å²) in [5.74, 6) is -1.01.